The summed E-state index contributed by atoms with van der Waals surface area (Å²) in [6, 6.07) is 9.86. The fourth-order valence-corrected chi connectivity index (χ4v) is 3.68. The Morgan fingerprint density at radius 2 is 1.90 bits per heavy atom. The average Bonchev–Trinajstić information content (AvgIpc) is 2.81. The van der Waals surface area contributed by atoms with Gasteiger partial charge in [0.05, 0.1) is 16.1 Å². The third kappa shape index (κ3) is 2.50. The van der Waals surface area contributed by atoms with Crippen molar-refractivity contribution in [3.8, 4) is 5.75 Å². The summed E-state index contributed by atoms with van der Waals surface area (Å²) in [5, 5.41) is 13.5. The molecule has 0 fully saturated rings. The Kier molecular flexibility index (Phi) is 3.85. The molecule has 20 heavy (non-hydrogen) atoms. The van der Waals surface area contributed by atoms with Crippen LogP contribution in [0.15, 0.2) is 34.8 Å². The predicted molar refractivity (Wildman–Crippen MR) is 87.0 cm³/mol. The van der Waals surface area contributed by atoms with Crippen molar-refractivity contribution in [3.63, 3.8) is 0 Å². The van der Waals surface area contributed by atoms with E-state index in [1.54, 1.807) is 12.1 Å². The van der Waals surface area contributed by atoms with Gasteiger partial charge in [0.1, 0.15) is 0 Å². The van der Waals surface area contributed by atoms with Crippen LogP contribution in [0.4, 0.5) is 5.69 Å². The molecule has 5 heteroatoms. The number of hydrogen-bond donors (Lipinski definition) is 2. The summed E-state index contributed by atoms with van der Waals surface area (Å²) < 4.78 is 1.15. The first-order valence-electron chi connectivity index (χ1n) is 6.28. The van der Waals surface area contributed by atoms with Crippen LogP contribution in [0.5, 0.6) is 5.75 Å². The van der Waals surface area contributed by atoms with Gasteiger partial charge in [0.25, 0.3) is 0 Å². The number of phenols is 1. The van der Waals surface area contributed by atoms with Crippen LogP contribution >= 0.6 is 39.1 Å². The van der Waals surface area contributed by atoms with E-state index in [1.807, 2.05) is 6.07 Å². The Labute approximate surface area is 135 Å². The maximum Gasteiger partial charge on any atom is 0.152 e. The van der Waals surface area contributed by atoms with Gasteiger partial charge in [0.2, 0.25) is 0 Å². The second-order valence-electron chi connectivity index (χ2n) is 4.83. The molecule has 2 N–H and O–H groups in total. The van der Waals surface area contributed by atoms with E-state index in [2.05, 4.69) is 33.4 Å². The fraction of sp³-hybridized carbons (Fsp3) is 0.200. The minimum Gasteiger partial charge on any atom is -0.505 e. The maximum atomic E-state index is 9.59. The van der Waals surface area contributed by atoms with Crippen molar-refractivity contribution in [1.82, 2.24) is 0 Å². The molecule has 0 saturated carbocycles. The van der Waals surface area contributed by atoms with Gasteiger partial charge < -0.3 is 10.4 Å². The molecular weight excluding hydrogens is 361 g/mol. The first-order chi connectivity index (χ1) is 9.56. The summed E-state index contributed by atoms with van der Waals surface area (Å²) in [5.41, 5.74) is 3.45. The summed E-state index contributed by atoms with van der Waals surface area (Å²) >= 11 is 15.5. The van der Waals surface area contributed by atoms with Crippen molar-refractivity contribution < 1.29 is 5.11 Å². The van der Waals surface area contributed by atoms with Crippen LogP contribution in [-0.4, -0.2) is 5.11 Å². The van der Waals surface area contributed by atoms with Crippen LogP contribution in [0.2, 0.25) is 10.0 Å². The lowest BCUT2D eigenvalue weighted by Gasteiger charge is -2.16. The number of benzene rings is 2. The second kappa shape index (κ2) is 5.47. The lowest BCUT2D eigenvalue weighted by molar-refractivity contribution is 0.476. The van der Waals surface area contributed by atoms with Crippen molar-refractivity contribution in [3.05, 3.63) is 56.0 Å². The molecule has 0 heterocycles. The molecule has 2 aromatic rings. The molecule has 0 saturated heterocycles. The van der Waals surface area contributed by atoms with Gasteiger partial charge in [-0.1, -0.05) is 51.3 Å². The quantitative estimate of drug-likeness (QED) is 0.676. The second-order valence-corrected chi connectivity index (χ2v) is 6.50. The molecule has 2 nitrogen and oxygen atoms in total. The molecule has 104 valence electrons. The van der Waals surface area contributed by atoms with Crippen molar-refractivity contribution in [2.45, 2.75) is 18.9 Å². The largest absolute Gasteiger partial charge is 0.505 e. The summed E-state index contributed by atoms with van der Waals surface area (Å²) in [7, 11) is 0. The maximum absolute atomic E-state index is 9.59. The molecule has 0 amide bonds. The molecular formula is C15H12BrCl2NO. The van der Waals surface area contributed by atoms with Gasteiger partial charge in [0, 0.05) is 10.2 Å². The highest BCUT2D eigenvalue weighted by Gasteiger charge is 2.24. The minimum absolute atomic E-state index is 0.0755. The summed E-state index contributed by atoms with van der Waals surface area (Å²) in [6.45, 7) is 0. The third-order valence-corrected chi connectivity index (χ3v) is 4.89. The molecule has 1 aliphatic carbocycles. The number of hydrogen-bond acceptors (Lipinski definition) is 2. The van der Waals surface area contributed by atoms with E-state index in [4.69, 9.17) is 23.2 Å². The van der Waals surface area contributed by atoms with Gasteiger partial charge in [-0.05, 0) is 42.2 Å². The van der Waals surface area contributed by atoms with E-state index in [-0.39, 0.29) is 21.8 Å². The van der Waals surface area contributed by atoms with Crippen molar-refractivity contribution in [1.29, 1.82) is 0 Å². The Hall–Kier alpha value is -0.900. The number of nitrogens with one attached hydrogen (secondary N) is 1. The highest BCUT2D eigenvalue weighted by atomic mass is 79.9. The highest BCUT2D eigenvalue weighted by Crippen LogP contribution is 2.40. The molecule has 1 aliphatic rings. The van der Waals surface area contributed by atoms with Crippen LogP contribution in [0, 0.1) is 0 Å². The SMILES string of the molecule is Oc1c(Cl)cc(NC2CCc3c(Br)cccc32)cc1Cl. The highest BCUT2D eigenvalue weighted by molar-refractivity contribution is 9.10. The van der Waals surface area contributed by atoms with Crippen molar-refractivity contribution in [2.75, 3.05) is 5.32 Å². The molecule has 3 rings (SSSR count). The summed E-state index contributed by atoms with van der Waals surface area (Å²) in [6.07, 6.45) is 2.06. The van der Waals surface area contributed by atoms with Crippen LogP contribution in [0.25, 0.3) is 0 Å². The smallest absolute Gasteiger partial charge is 0.152 e. The van der Waals surface area contributed by atoms with Crippen LogP contribution in [0.3, 0.4) is 0 Å². The zero-order chi connectivity index (χ0) is 14.3. The topological polar surface area (TPSA) is 32.3 Å². The van der Waals surface area contributed by atoms with Gasteiger partial charge in [-0.3, -0.25) is 0 Å². The van der Waals surface area contributed by atoms with E-state index in [1.165, 1.54) is 11.1 Å². The predicted octanol–water partition coefficient (Wildman–Crippen LogP) is 5.56. The number of halogens is 3. The summed E-state index contributed by atoms with van der Waals surface area (Å²) in [4.78, 5) is 0. The number of phenolic OH excluding ortho intramolecular Hbond substituents is 1. The Bertz CT molecular complexity index is 652. The molecule has 0 bridgehead atoms. The van der Waals surface area contributed by atoms with Crippen LogP contribution in [-0.2, 0) is 6.42 Å². The molecule has 0 spiro atoms. The number of anilines is 1. The molecule has 0 radical (unpaired) electrons. The van der Waals surface area contributed by atoms with Gasteiger partial charge in [-0.15, -0.1) is 0 Å². The van der Waals surface area contributed by atoms with E-state index in [9.17, 15) is 5.11 Å². The molecule has 1 unspecified atom stereocenters. The Morgan fingerprint density at radius 3 is 2.60 bits per heavy atom. The zero-order valence-corrected chi connectivity index (χ0v) is 13.6. The van der Waals surface area contributed by atoms with E-state index < -0.39 is 0 Å². The Balaban J connectivity index is 1.90. The number of fused-ring (bicyclic) bond motifs is 1. The first-order valence-corrected chi connectivity index (χ1v) is 7.83. The van der Waals surface area contributed by atoms with Crippen molar-refractivity contribution in [2.24, 2.45) is 0 Å². The zero-order valence-electron chi connectivity index (χ0n) is 10.5. The van der Waals surface area contributed by atoms with Gasteiger partial charge in [0.15, 0.2) is 5.75 Å². The van der Waals surface area contributed by atoms with E-state index in [0.29, 0.717) is 0 Å². The monoisotopic (exact) mass is 371 g/mol. The van der Waals surface area contributed by atoms with Gasteiger partial charge in [-0.25, -0.2) is 0 Å². The minimum atomic E-state index is -0.0755. The third-order valence-electron chi connectivity index (χ3n) is 3.57. The number of rotatable bonds is 2. The lowest BCUT2D eigenvalue weighted by atomic mass is 10.1. The molecule has 1 atom stereocenters. The van der Waals surface area contributed by atoms with E-state index >= 15 is 0 Å². The lowest BCUT2D eigenvalue weighted by Crippen LogP contribution is -2.07. The number of aromatic hydroxyl groups is 1. The first kappa shape index (κ1) is 14.1. The Morgan fingerprint density at radius 1 is 1.20 bits per heavy atom. The van der Waals surface area contributed by atoms with Crippen LogP contribution in [0.1, 0.15) is 23.6 Å². The van der Waals surface area contributed by atoms with Crippen LogP contribution < -0.4 is 5.32 Å². The molecule has 2 aromatic carbocycles. The van der Waals surface area contributed by atoms with E-state index in [0.717, 1.165) is 23.0 Å². The van der Waals surface area contributed by atoms with Gasteiger partial charge in [-0.2, -0.15) is 0 Å². The van der Waals surface area contributed by atoms with Crippen molar-refractivity contribution >= 4 is 44.8 Å². The average molecular weight is 373 g/mol. The standard InChI is InChI=1S/C15H12BrCl2NO/c16-11-3-1-2-10-9(11)4-5-14(10)19-8-6-12(17)15(20)13(18)7-8/h1-3,6-7,14,19-20H,4-5H2. The van der Waals surface area contributed by atoms with Gasteiger partial charge >= 0.3 is 0 Å². The normalized spacial score (nSPS) is 17.1. The molecule has 0 aromatic heterocycles. The summed E-state index contributed by atoms with van der Waals surface area (Å²) in [5.74, 6) is -0.0755. The fourth-order valence-electron chi connectivity index (χ4n) is 2.61. The molecule has 0 aliphatic heterocycles.